The zero-order valence-corrected chi connectivity index (χ0v) is 14.9. The fraction of sp³-hybridized carbons (Fsp3) is 0.789. The van der Waals surface area contributed by atoms with Gasteiger partial charge in [-0.2, -0.15) is 0 Å². The Bertz CT molecular complexity index is 470. The first-order valence-corrected chi connectivity index (χ1v) is 9.62. The maximum atomic E-state index is 3.76. The minimum absolute atomic E-state index is 0.284. The normalized spacial score (nSPS) is 30.0. The van der Waals surface area contributed by atoms with Crippen molar-refractivity contribution >= 4 is 11.3 Å². The van der Waals surface area contributed by atoms with Crippen molar-refractivity contribution in [1.82, 2.24) is 5.32 Å². The molecule has 21 heavy (non-hydrogen) atoms. The third kappa shape index (κ3) is 3.37. The maximum absolute atomic E-state index is 3.76. The molecule has 3 rings (SSSR count). The van der Waals surface area contributed by atoms with Crippen LogP contribution >= 0.6 is 11.3 Å². The predicted octanol–water partition coefficient (Wildman–Crippen LogP) is 5.52. The molecule has 0 aliphatic heterocycles. The highest BCUT2D eigenvalue weighted by molar-refractivity contribution is 7.12. The first kappa shape index (κ1) is 15.6. The van der Waals surface area contributed by atoms with Crippen LogP contribution in [0.3, 0.4) is 0 Å². The molecular weight excluding hydrogens is 274 g/mol. The highest BCUT2D eigenvalue weighted by Gasteiger charge is 2.40. The van der Waals surface area contributed by atoms with Gasteiger partial charge in [0.1, 0.15) is 0 Å². The van der Waals surface area contributed by atoms with Crippen LogP contribution in [0.25, 0.3) is 0 Å². The Morgan fingerprint density at radius 1 is 1.24 bits per heavy atom. The van der Waals surface area contributed by atoms with E-state index in [-0.39, 0.29) is 5.41 Å². The average molecular weight is 306 g/mol. The number of rotatable bonds is 5. The van der Waals surface area contributed by atoms with Gasteiger partial charge in [0.15, 0.2) is 0 Å². The van der Waals surface area contributed by atoms with Gasteiger partial charge in [0, 0.05) is 15.8 Å². The van der Waals surface area contributed by atoms with Gasteiger partial charge >= 0.3 is 0 Å². The van der Waals surface area contributed by atoms with Crippen molar-refractivity contribution in [2.24, 2.45) is 17.8 Å². The van der Waals surface area contributed by atoms with Gasteiger partial charge in [-0.25, -0.2) is 0 Å². The summed E-state index contributed by atoms with van der Waals surface area (Å²) in [6.45, 7) is 10.3. The molecule has 0 radical (unpaired) electrons. The number of hydrogen-bond donors (Lipinski definition) is 1. The Morgan fingerprint density at radius 2 is 2.05 bits per heavy atom. The molecule has 1 heterocycles. The van der Waals surface area contributed by atoms with E-state index >= 15 is 0 Å². The quantitative estimate of drug-likeness (QED) is 0.755. The largest absolute Gasteiger partial charge is 0.310 e. The van der Waals surface area contributed by atoms with Gasteiger partial charge in [-0.05, 0) is 67.5 Å². The smallest absolute Gasteiger partial charge is 0.0417 e. The van der Waals surface area contributed by atoms with Crippen LogP contribution in [0.1, 0.15) is 75.6 Å². The van der Waals surface area contributed by atoms with Gasteiger partial charge in [0.2, 0.25) is 0 Å². The monoisotopic (exact) mass is 305 g/mol. The Morgan fingerprint density at radius 3 is 2.57 bits per heavy atom. The average Bonchev–Trinajstić information content (AvgIpc) is 3.13. The van der Waals surface area contributed by atoms with Crippen LogP contribution in [0.5, 0.6) is 0 Å². The topological polar surface area (TPSA) is 12.0 Å². The molecule has 118 valence electrons. The molecule has 4 unspecified atom stereocenters. The predicted molar refractivity (Wildman–Crippen MR) is 93.0 cm³/mol. The summed E-state index contributed by atoms with van der Waals surface area (Å²) in [7, 11) is 0. The summed E-state index contributed by atoms with van der Waals surface area (Å²) in [5.41, 5.74) is 0.284. The second-order valence-corrected chi connectivity index (χ2v) is 9.35. The summed E-state index contributed by atoms with van der Waals surface area (Å²) in [4.78, 5) is 3.08. The molecule has 4 atom stereocenters. The molecule has 1 aromatic rings. The van der Waals surface area contributed by atoms with Gasteiger partial charge in [-0.1, -0.05) is 34.1 Å². The van der Waals surface area contributed by atoms with Crippen molar-refractivity contribution in [1.29, 1.82) is 0 Å². The Kier molecular flexibility index (Phi) is 4.47. The molecule has 0 saturated heterocycles. The van der Waals surface area contributed by atoms with Gasteiger partial charge < -0.3 is 5.32 Å². The second kappa shape index (κ2) is 6.04. The zero-order valence-electron chi connectivity index (χ0n) is 14.1. The van der Waals surface area contributed by atoms with Gasteiger partial charge in [0.05, 0.1) is 0 Å². The van der Waals surface area contributed by atoms with Crippen LogP contribution in [0, 0.1) is 17.8 Å². The second-order valence-electron chi connectivity index (χ2n) is 8.23. The van der Waals surface area contributed by atoms with Crippen LogP contribution in [0.15, 0.2) is 12.1 Å². The minimum Gasteiger partial charge on any atom is -0.310 e. The van der Waals surface area contributed by atoms with E-state index in [2.05, 4.69) is 45.1 Å². The van der Waals surface area contributed by atoms with E-state index in [9.17, 15) is 0 Å². The third-order valence-corrected chi connectivity index (χ3v) is 7.21. The van der Waals surface area contributed by atoms with Crippen molar-refractivity contribution in [2.45, 2.75) is 71.3 Å². The number of nitrogens with one attached hydrogen (secondary N) is 1. The fourth-order valence-electron chi connectivity index (χ4n) is 4.46. The lowest BCUT2D eigenvalue weighted by Gasteiger charge is -2.27. The molecule has 0 amide bonds. The molecule has 0 spiro atoms. The van der Waals surface area contributed by atoms with E-state index in [0.29, 0.717) is 6.04 Å². The van der Waals surface area contributed by atoms with E-state index in [1.54, 1.807) is 4.88 Å². The van der Waals surface area contributed by atoms with E-state index < -0.39 is 0 Å². The maximum Gasteiger partial charge on any atom is 0.0417 e. The van der Waals surface area contributed by atoms with Crippen molar-refractivity contribution in [2.75, 3.05) is 6.54 Å². The third-order valence-electron chi connectivity index (χ3n) is 5.58. The zero-order chi connectivity index (χ0) is 15.0. The number of hydrogen-bond acceptors (Lipinski definition) is 2. The Hall–Kier alpha value is -0.340. The fourth-order valence-corrected chi connectivity index (χ4v) is 5.61. The van der Waals surface area contributed by atoms with Crippen molar-refractivity contribution in [3.8, 4) is 0 Å². The summed E-state index contributed by atoms with van der Waals surface area (Å²) in [5, 5.41) is 3.76. The van der Waals surface area contributed by atoms with Crippen LogP contribution in [0.2, 0.25) is 0 Å². The van der Waals surface area contributed by atoms with Crippen LogP contribution in [-0.4, -0.2) is 6.54 Å². The molecule has 2 heteroatoms. The lowest BCUT2D eigenvalue weighted by Crippen LogP contribution is -2.24. The molecule has 2 fully saturated rings. The highest BCUT2D eigenvalue weighted by Crippen LogP contribution is 2.51. The summed E-state index contributed by atoms with van der Waals surface area (Å²) >= 11 is 2.03. The standard InChI is InChI=1S/C19H31NS/c1-5-20-16(12-15-11-13-6-7-14(15)10-13)17-8-9-18(21-17)19(2,3)4/h8-9,13-16,20H,5-7,10-12H2,1-4H3. The van der Waals surface area contributed by atoms with E-state index in [1.165, 1.54) is 37.0 Å². The number of fused-ring (bicyclic) bond motifs is 2. The van der Waals surface area contributed by atoms with Crippen molar-refractivity contribution in [3.63, 3.8) is 0 Å². The summed E-state index contributed by atoms with van der Waals surface area (Å²) in [6, 6.07) is 5.32. The summed E-state index contributed by atoms with van der Waals surface area (Å²) < 4.78 is 0. The van der Waals surface area contributed by atoms with Crippen molar-refractivity contribution in [3.05, 3.63) is 21.9 Å². The van der Waals surface area contributed by atoms with Crippen LogP contribution in [-0.2, 0) is 5.41 Å². The lowest BCUT2D eigenvalue weighted by atomic mass is 9.84. The summed E-state index contributed by atoms with van der Waals surface area (Å²) in [5.74, 6) is 3.09. The Labute approximate surface area is 134 Å². The SMILES string of the molecule is CCNC(CC1CC2CCC1C2)c1ccc(C(C)(C)C)s1. The van der Waals surface area contributed by atoms with Crippen molar-refractivity contribution < 1.29 is 0 Å². The molecule has 2 bridgehead atoms. The molecular formula is C19H31NS. The van der Waals surface area contributed by atoms with Gasteiger partial charge in [-0.3, -0.25) is 0 Å². The number of thiophene rings is 1. The lowest BCUT2D eigenvalue weighted by molar-refractivity contribution is 0.282. The molecule has 1 nitrogen and oxygen atoms in total. The highest BCUT2D eigenvalue weighted by atomic mass is 32.1. The van der Waals surface area contributed by atoms with E-state index in [1.807, 2.05) is 11.3 Å². The first-order valence-electron chi connectivity index (χ1n) is 8.81. The molecule has 0 aromatic carbocycles. The summed E-state index contributed by atoms with van der Waals surface area (Å²) in [6.07, 6.45) is 7.41. The minimum atomic E-state index is 0.284. The van der Waals surface area contributed by atoms with E-state index in [0.717, 1.165) is 24.3 Å². The van der Waals surface area contributed by atoms with Crippen LogP contribution < -0.4 is 5.32 Å². The van der Waals surface area contributed by atoms with E-state index in [4.69, 9.17) is 0 Å². The van der Waals surface area contributed by atoms with Gasteiger partial charge in [-0.15, -0.1) is 11.3 Å². The first-order chi connectivity index (χ1) is 9.97. The molecule has 2 saturated carbocycles. The Balaban J connectivity index is 1.70. The van der Waals surface area contributed by atoms with Gasteiger partial charge in [0.25, 0.3) is 0 Å². The molecule has 1 aromatic heterocycles. The van der Waals surface area contributed by atoms with Crippen LogP contribution in [0.4, 0.5) is 0 Å². The molecule has 1 N–H and O–H groups in total. The molecule has 2 aliphatic rings. The molecule has 2 aliphatic carbocycles.